The highest BCUT2D eigenvalue weighted by molar-refractivity contribution is 6.31. The van der Waals surface area contributed by atoms with Gasteiger partial charge in [-0.3, -0.25) is 0 Å². The number of rotatable bonds is 6. The van der Waals surface area contributed by atoms with E-state index in [1.165, 1.54) is 10.6 Å². The molecule has 0 aliphatic rings. The van der Waals surface area contributed by atoms with E-state index in [2.05, 4.69) is 0 Å². The van der Waals surface area contributed by atoms with E-state index in [0.717, 1.165) is 0 Å². The Labute approximate surface area is 127 Å². The lowest BCUT2D eigenvalue weighted by atomic mass is 10.2. The number of aromatic nitrogens is 1. The molecule has 112 valence electrons. The third-order valence-corrected chi connectivity index (χ3v) is 3.02. The molecule has 0 aliphatic carbocycles. The molecule has 0 amide bonds. The topological polar surface area (TPSA) is 60.7 Å². The highest BCUT2D eigenvalue weighted by Gasteiger charge is 2.15. The lowest BCUT2D eigenvalue weighted by Gasteiger charge is -2.13. The van der Waals surface area contributed by atoms with Crippen molar-refractivity contribution in [2.45, 2.75) is 13.8 Å². The van der Waals surface area contributed by atoms with Crippen molar-refractivity contribution < 1.29 is 19.4 Å². The lowest BCUT2D eigenvalue weighted by molar-refractivity contribution is 0.0688. The van der Waals surface area contributed by atoms with Gasteiger partial charge in [0.25, 0.3) is 0 Å². The summed E-state index contributed by atoms with van der Waals surface area (Å²) >= 11 is 5.90. The summed E-state index contributed by atoms with van der Waals surface area (Å²) in [6, 6.07) is 6.65. The Bertz CT molecular complexity index is 651. The summed E-state index contributed by atoms with van der Waals surface area (Å²) in [7, 11) is 0. The van der Waals surface area contributed by atoms with Crippen LogP contribution in [0.2, 0.25) is 5.02 Å². The molecular formula is C15H16ClNO4. The fourth-order valence-electron chi connectivity index (χ4n) is 2.00. The second-order valence-corrected chi connectivity index (χ2v) is 4.65. The van der Waals surface area contributed by atoms with E-state index in [1.807, 2.05) is 13.8 Å². The van der Waals surface area contributed by atoms with Crippen molar-refractivity contribution in [3.63, 3.8) is 0 Å². The average Bonchev–Trinajstić information content (AvgIpc) is 2.83. The van der Waals surface area contributed by atoms with Gasteiger partial charge < -0.3 is 19.1 Å². The quantitative estimate of drug-likeness (QED) is 0.885. The number of hydrogen-bond acceptors (Lipinski definition) is 3. The van der Waals surface area contributed by atoms with Crippen LogP contribution in [0.5, 0.6) is 11.5 Å². The summed E-state index contributed by atoms with van der Waals surface area (Å²) < 4.78 is 12.5. The molecule has 0 unspecified atom stereocenters. The number of halogens is 1. The summed E-state index contributed by atoms with van der Waals surface area (Å²) in [6.07, 6.45) is 1.55. The minimum absolute atomic E-state index is 0.0895. The lowest BCUT2D eigenvalue weighted by Crippen LogP contribution is -2.06. The van der Waals surface area contributed by atoms with Crippen molar-refractivity contribution in [3.8, 4) is 17.2 Å². The smallest absolute Gasteiger partial charge is 0.352 e. The molecule has 0 atom stereocenters. The van der Waals surface area contributed by atoms with Crippen molar-refractivity contribution in [1.29, 1.82) is 0 Å². The predicted molar refractivity (Wildman–Crippen MR) is 80.1 cm³/mol. The van der Waals surface area contributed by atoms with Crippen molar-refractivity contribution in [2.24, 2.45) is 0 Å². The SMILES string of the molecule is CCOc1ccc(-n2cc(Cl)cc2C(=O)O)cc1OCC. The predicted octanol–water partition coefficient (Wildman–Crippen LogP) is 3.63. The molecule has 1 heterocycles. The van der Waals surface area contributed by atoms with Gasteiger partial charge in [-0.15, -0.1) is 0 Å². The fourth-order valence-corrected chi connectivity index (χ4v) is 2.20. The highest BCUT2D eigenvalue weighted by atomic mass is 35.5. The molecular weight excluding hydrogens is 294 g/mol. The van der Waals surface area contributed by atoms with Gasteiger partial charge in [-0.05, 0) is 32.0 Å². The maximum absolute atomic E-state index is 11.3. The van der Waals surface area contributed by atoms with Crippen molar-refractivity contribution >= 4 is 17.6 Å². The summed E-state index contributed by atoms with van der Waals surface area (Å²) in [5.74, 6) is 0.144. The number of carbonyl (C=O) groups is 1. The normalized spacial score (nSPS) is 10.4. The van der Waals surface area contributed by atoms with E-state index < -0.39 is 5.97 Å². The summed E-state index contributed by atoms with van der Waals surface area (Å²) in [6.45, 7) is 4.77. The molecule has 1 aromatic carbocycles. The molecule has 0 spiro atoms. The molecule has 0 aliphatic heterocycles. The van der Waals surface area contributed by atoms with Gasteiger partial charge >= 0.3 is 5.97 Å². The Morgan fingerprint density at radius 2 is 1.86 bits per heavy atom. The molecule has 0 saturated carbocycles. The number of ether oxygens (including phenoxy) is 2. The van der Waals surface area contributed by atoms with Crippen LogP contribution in [0.4, 0.5) is 0 Å². The first-order valence-electron chi connectivity index (χ1n) is 6.58. The van der Waals surface area contributed by atoms with Crippen LogP contribution in [0, 0.1) is 0 Å². The van der Waals surface area contributed by atoms with Gasteiger partial charge in [0.1, 0.15) is 5.69 Å². The largest absolute Gasteiger partial charge is 0.490 e. The number of carboxylic acid groups (broad SMARTS) is 1. The molecule has 2 rings (SSSR count). The summed E-state index contributed by atoms with van der Waals surface area (Å²) in [5, 5.41) is 9.58. The first-order valence-corrected chi connectivity index (χ1v) is 6.95. The van der Waals surface area contributed by atoms with E-state index >= 15 is 0 Å². The molecule has 2 aromatic rings. The minimum Gasteiger partial charge on any atom is -0.490 e. The Hall–Kier alpha value is -2.14. The zero-order valence-electron chi connectivity index (χ0n) is 11.8. The molecule has 1 N–H and O–H groups in total. The third-order valence-electron chi connectivity index (χ3n) is 2.81. The number of carboxylic acids is 1. The zero-order valence-corrected chi connectivity index (χ0v) is 12.6. The Balaban J connectivity index is 2.49. The fraction of sp³-hybridized carbons (Fsp3) is 0.267. The highest BCUT2D eigenvalue weighted by Crippen LogP contribution is 2.31. The van der Waals surface area contributed by atoms with Gasteiger partial charge in [0, 0.05) is 18.0 Å². The molecule has 0 fully saturated rings. The second kappa shape index (κ2) is 6.54. The Morgan fingerprint density at radius 1 is 1.19 bits per heavy atom. The van der Waals surface area contributed by atoms with Crippen molar-refractivity contribution in [2.75, 3.05) is 13.2 Å². The van der Waals surface area contributed by atoms with Crippen LogP contribution in [-0.4, -0.2) is 28.9 Å². The molecule has 1 aromatic heterocycles. The first-order chi connectivity index (χ1) is 10.1. The van der Waals surface area contributed by atoms with E-state index in [-0.39, 0.29) is 5.69 Å². The number of nitrogens with zero attached hydrogens (tertiary/aromatic N) is 1. The van der Waals surface area contributed by atoms with Crippen LogP contribution < -0.4 is 9.47 Å². The van der Waals surface area contributed by atoms with Crippen LogP contribution in [-0.2, 0) is 0 Å². The van der Waals surface area contributed by atoms with Gasteiger partial charge in [0.15, 0.2) is 11.5 Å². The van der Waals surface area contributed by atoms with Crippen LogP contribution in [0.1, 0.15) is 24.3 Å². The van der Waals surface area contributed by atoms with Gasteiger partial charge in [0.05, 0.1) is 18.2 Å². The van der Waals surface area contributed by atoms with E-state index in [9.17, 15) is 9.90 Å². The summed E-state index contributed by atoms with van der Waals surface area (Å²) in [4.78, 5) is 11.3. The Morgan fingerprint density at radius 3 is 2.48 bits per heavy atom. The number of aromatic carboxylic acids is 1. The van der Waals surface area contributed by atoms with Crippen LogP contribution in [0.15, 0.2) is 30.5 Å². The van der Waals surface area contributed by atoms with Gasteiger partial charge in [0.2, 0.25) is 0 Å². The van der Waals surface area contributed by atoms with Crippen LogP contribution >= 0.6 is 11.6 Å². The zero-order chi connectivity index (χ0) is 15.4. The minimum atomic E-state index is -1.05. The van der Waals surface area contributed by atoms with Crippen LogP contribution in [0.25, 0.3) is 5.69 Å². The molecule has 0 bridgehead atoms. The first kappa shape index (κ1) is 15.3. The standard InChI is InChI=1S/C15H16ClNO4/c1-3-20-13-6-5-11(8-14(13)21-4-2)17-9-10(16)7-12(17)15(18)19/h5-9H,3-4H2,1-2H3,(H,18,19). The maximum atomic E-state index is 11.3. The Kier molecular flexibility index (Phi) is 4.75. The maximum Gasteiger partial charge on any atom is 0.352 e. The van der Waals surface area contributed by atoms with Gasteiger partial charge in [-0.2, -0.15) is 0 Å². The van der Waals surface area contributed by atoms with Gasteiger partial charge in [-0.1, -0.05) is 11.6 Å². The summed E-state index contributed by atoms with van der Waals surface area (Å²) in [5.41, 5.74) is 0.734. The molecule has 21 heavy (non-hydrogen) atoms. The van der Waals surface area contributed by atoms with Crippen LogP contribution in [0.3, 0.4) is 0 Å². The number of hydrogen-bond donors (Lipinski definition) is 1. The van der Waals surface area contributed by atoms with Crippen molar-refractivity contribution in [1.82, 2.24) is 4.57 Å². The molecule has 5 nitrogen and oxygen atoms in total. The third kappa shape index (κ3) is 3.31. The molecule has 0 radical (unpaired) electrons. The average molecular weight is 310 g/mol. The van der Waals surface area contributed by atoms with E-state index in [1.54, 1.807) is 24.4 Å². The van der Waals surface area contributed by atoms with E-state index in [0.29, 0.717) is 35.4 Å². The molecule has 0 saturated heterocycles. The van der Waals surface area contributed by atoms with Gasteiger partial charge in [-0.25, -0.2) is 4.79 Å². The second-order valence-electron chi connectivity index (χ2n) is 4.22. The molecule has 6 heteroatoms. The van der Waals surface area contributed by atoms with E-state index in [4.69, 9.17) is 21.1 Å². The number of benzene rings is 1. The van der Waals surface area contributed by atoms with Crippen molar-refractivity contribution in [3.05, 3.63) is 41.2 Å². The monoisotopic (exact) mass is 309 g/mol.